The van der Waals surface area contributed by atoms with Crippen LogP contribution in [0.25, 0.3) is 5.69 Å². The van der Waals surface area contributed by atoms with E-state index >= 15 is 0 Å². The van der Waals surface area contributed by atoms with Gasteiger partial charge in [0.2, 0.25) is 5.91 Å². The summed E-state index contributed by atoms with van der Waals surface area (Å²) < 4.78 is 1.72. The van der Waals surface area contributed by atoms with Crippen molar-refractivity contribution < 1.29 is 4.79 Å². The molecule has 1 fully saturated rings. The monoisotopic (exact) mass is 356 g/mol. The van der Waals surface area contributed by atoms with Crippen LogP contribution in [0.1, 0.15) is 18.4 Å². The molecule has 1 aliphatic heterocycles. The number of aromatic nitrogens is 3. The summed E-state index contributed by atoms with van der Waals surface area (Å²) in [6, 6.07) is 8.44. The highest BCUT2D eigenvalue weighted by molar-refractivity contribution is 5.79. The van der Waals surface area contributed by atoms with Crippen LogP contribution in [0, 0.1) is 5.92 Å². The van der Waals surface area contributed by atoms with Gasteiger partial charge in [-0.15, -0.1) is 0 Å². The van der Waals surface area contributed by atoms with Crippen molar-refractivity contribution in [3.63, 3.8) is 0 Å². The SMILES string of the molecule is CN1C[C@H](C(=O)NCc2ccccc2-n2cncn2)CC[C@H](N(C)C)C1. The van der Waals surface area contributed by atoms with Crippen LogP contribution in [-0.2, 0) is 11.3 Å². The second-order valence-electron chi connectivity index (χ2n) is 7.30. The van der Waals surface area contributed by atoms with Crippen LogP contribution in [-0.4, -0.2) is 70.7 Å². The van der Waals surface area contributed by atoms with E-state index in [4.69, 9.17) is 0 Å². The molecule has 3 rings (SSSR count). The molecule has 0 saturated carbocycles. The van der Waals surface area contributed by atoms with E-state index < -0.39 is 0 Å². The van der Waals surface area contributed by atoms with Crippen LogP contribution in [0.5, 0.6) is 0 Å². The van der Waals surface area contributed by atoms with Crippen molar-refractivity contribution in [2.24, 2.45) is 5.92 Å². The number of nitrogens with one attached hydrogen (secondary N) is 1. The van der Waals surface area contributed by atoms with Crippen molar-refractivity contribution in [2.75, 3.05) is 34.2 Å². The molecule has 1 N–H and O–H groups in total. The van der Waals surface area contributed by atoms with Gasteiger partial charge in [-0.25, -0.2) is 9.67 Å². The van der Waals surface area contributed by atoms with E-state index in [1.54, 1.807) is 11.0 Å². The molecule has 26 heavy (non-hydrogen) atoms. The first-order valence-corrected chi connectivity index (χ1v) is 9.10. The summed E-state index contributed by atoms with van der Waals surface area (Å²) in [5.41, 5.74) is 1.97. The third kappa shape index (κ3) is 4.47. The number of amides is 1. The molecule has 140 valence electrons. The van der Waals surface area contributed by atoms with E-state index in [1.165, 1.54) is 6.33 Å². The molecule has 2 heterocycles. The molecule has 1 aromatic heterocycles. The molecule has 1 amide bonds. The first-order chi connectivity index (χ1) is 12.5. The zero-order valence-corrected chi connectivity index (χ0v) is 15.8. The van der Waals surface area contributed by atoms with E-state index in [9.17, 15) is 4.79 Å². The predicted octanol–water partition coefficient (Wildman–Crippen LogP) is 1.16. The summed E-state index contributed by atoms with van der Waals surface area (Å²) in [5.74, 6) is 0.160. The molecular formula is C19H28N6O. The Morgan fingerprint density at radius 1 is 1.27 bits per heavy atom. The zero-order valence-electron chi connectivity index (χ0n) is 15.8. The van der Waals surface area contributed by atoms with Crippen LogP contribution in [0.2, 0.25) is 0 Å². The highest BCUT2D eigenvalue weighted by Gasteiger charge is 2.27. The quantitative estimate of drug-likeness (QED) is 0.871. The van der Waals surface area contributed by atoms with Crippen molar-refractivity contribution >= 4 is 5.91 Å². The fraction of sp³-hybridized carbons (Fsp3) is 0.526. The molecule has 2 aromatic rings. The molecule has 2 atom stereocenters. The Labute approximate surface area is 155 Å². The van der Waals surface area contributed by atoms with Crippen molar-refractivity contribution in [1.29, 1.82) is 0 Å². The normalized spacial score (nSPS) is 21.5. The maximum absolute atomic E-state index is 12.8. The van der Waals surface area contributed by atoms with Crippen LogP contribution in [0.4, 0.5) is 0 Å². The highest BCUT2D eigenvalue weighted by atomic mass is 16.1. The van der Waals surface area contributed by atoms with Gasteiger partial charge in [-0.3, -0.25) is 4.79 Å². The molecule has 7 nitrogen and oxygen atoms in total. The molecule has 1 saturated heterocycles. The van der Waals surface area contributed by atoms with Gasteiger partial charge in [0.1, 0.15) is 12.7 Å². The van der Waals surface area contributed by atoms with Gasteiger partial charge < -0.3 is 15.1 Å². The van der Waals surface area contributed by atoms with Crippen LogP contribution in [0.15, 0.2) is 36.9 Å². The van der Waals surface area contributed by atoms with Gasteiger partial charge in [-0.1, -0.05) is 18.2 Å². The van der Waals surface area contributed by atoms with Crippen LogP contribution in [0.3, 0.4) is 0 Å². The van der Waals surface area contributed by atoms with E-state index in [0.717, 1.165) is 37.2 Å². The molecule has 7 heteroatoms. The van der Waals surface area contributed by atoms with Gasteiger partial charge >= 0.3 is 0 Å². The summed E-state index contributed by atoms with van der Waals surface area (Å²) >= 11 is 0. The lowest BCUT2D eigenvalue weighted by atomic mass is 10.0. The van der Waals surface area contributed by atoms with Gasteiger partial charge in [-0.05, 0) is 45.6 Å². The van der Waals surface area contributed by atoms with Crippen LogP contribution < -0.4 is 5.32 Å². The number of hydrogen-bond acceptors (Lipinski definition) is 5. The topological polar surface area (TPSA) is 66.3 Å². The largest absolute Gasteiger partial charge is 0.352 e. The third-order valence-corrected chi connectivity index (χ3v) is 5.11. The average molecular weight is 356 g/mol. The summed E-state index contributed by atoms with van der Waals surface area (Å²) in [5, 5.41) is 7.32. The Bertz CT molecular complexity index is 715. The molecule has 0 unspecified atom stereocenters. The number of nitrogens with zero attached hydrogens (tertiary/aromatic N) is 5. The minimum absolute atomic E-state index is 0.0310. The Morgan fingerprint density at radius 2 is 2.08 bits per heavy atom. The van der Waals surface area contributed by atoms with E-state index in [2.05, 4.69) is 46.3 Å². The summed E-state index contributed by atoms with van der Waals surface area (Å²) in [6.45, 7) is 2.30. The van der Waals surface area contributed by atoms with Gasteiger partial charge in [0.05, 0.1) is 11.6 Å². The smallest absolute Gasteiger partial charge is 0.224 e. The van der Waals surface area contributed by atoms with Gasteiger partial charge in [0.25, 0.3) is 0 Å². The van der Waals surface area contributed by atoms with Crippen molar-refractivity contribution in [2.45, 2.75) is 25.4 Å². The van der Waals surface area contributed by atoms with Crippen molar-refractivity contribution in [1.82, 2.24) is 29.9 Å². The van der Waals surface area contributed by atoms with Crippen LogP contribution >= 0.6 is 0 Å². The predicted molar refractivity (Wildman–Crippen MR) is 101 cm³/mol. The number of para-hydroxylation sites is 1. The lowest BCUT2D eigenvalue weighted by Gasteiger charge is -2.25. The fourth-order valence-corrected chi connectivity index (χ4v) is 3.57. The minimum Gasteiger partial charge on any atom is -0.352 e. The number of benzene rings is 1. The van der Waals surface area contributed by atoms with Crippen molar-refractivity contribution in [3.8, 4) is 5.69 Å². The lowest BCUT2D eigenvalue weighted by Crippen LogP contribution is -2.39. The fourth-order valence-electron chi connectivity index (χ4n) is 3.57. The molecule has 0 spiro atoms. The standard InChI is InChI=1S/C19H28N6O/c1-23(2)17-9-8-16(11-24(3)12-17)19(26)21-10-15-6-4-5-7-18(15)25-14-20-13-22-25/h4-7,13-14,16-17H,8-12H2,1-3H3,(H,21,26)/t16-,17+/m1/s1. The summed E-state index contributed by atoms with van der Waals surface area (Å²) in [7, 11) is 6.32. The summed E-state index contributed by atoms with van der Waals surface area (Å²) in [4.78, 5) is 21.3. The average Bonchev–Trinajstić information content (AvgIpc) is 3.08. The Hall–Kier alpha value is -2.25. The summed E-state index contributed by atoms with van der Waals surface area (Å²) in [6.07, 6.45) is 5.15. The number of likely N-dealkylation sites (N-methyl/N-ethyl adjacent to an activating group) is 2. The Kier molecular flexibility index (Phi) is 6.00. The lowest BCUT2D eigenvalue weighted by molar-refractivity contribution is -0.125. The third-order valence-electron chi connectivity index (χ3n) is 5.11. The number of carbonyl (C=O) groups is 1. The molecule has 0 radical (unpaired) electrons. The second kappa shape index (κ2) is 8.42. The zero-order chi connectivity index (χ0) is 18.5. The van der Waals surface area contributed by atoms with Gasteiger partial charge in [-0.2, -0.15) is 5.10 Å². The number of hydrogen-bond donors (Lipinski definition) is 1. The second-order valence-corrected chi connectivity index (χ2v) is 7.30. The van der Waals surface area contributed by atoms with Gasteiger partial charge in [0.15, 0.2) is 0 Å². The molecule has 0 bridgehead atoms. The maximum Gasteiger partial charge on any atom is 0.224 e. The van der Waals surface area contributed by atoms with Gasteiger partial charge in [0, 0.05) is 25.7 Å². The molecule has 1 aliphatic rings. The van der Waals surface area contributed by atoms with E-state index in [-0.39, 0.29) is 11.8 Å². The first kappa shape index (κ1) is 18.5. The number of likely N-dealkylation sites (tertiary alicyclic amines) is 1. The molecular weight excluding hydrogens is 328 g/mol. The Morgan fingerprint density at radius 3 is 2.81 bits per heavy atom. The molecule has 0 aliphatic carbocycles. The minimum atomic E-state index is 0.0310. The Balaban J connectivity index is 1.63. The first-order valence-electron chi connectivity index (χ1n) is 9.10. The number of carbonyl (C=O) groups excluding carboxylic acids is 1. The van der Waals surface area contributed by atoms with E-state index in [0.29, 0.717) is 12.6 Å². The maximum atomic E-state index is 12.8. The van der Waals surface area contributed by atoms with Crippen molar-refractivity contribution in [3.05, 3.63) is 42.5 Å². The highest BCUT2D eigenvalue weighted by Crippen LogP contribution is 2.19. The number of rotatable bonds is 5. The van der Waals surface area contributed by atoms with E-state index in [1.807, 2.05) is 24.3 Å². The molecule has 1 aromatic carbocycles.